The van der Waals surface area contributed by atoms with Crippen molar-refractivity contribution in [2.45, 2.75) is 146 Å². The van der Waals surface area contributed by atoms with Gasteiger partial charge in [0.2, 0.25) is 0 Å². The van der Waals surface area contributed by atoms with Gasteiger partial charge in [0.05, 0.1) is 23.1 Å². The van der Waals surface area contributed by atoms with Gasteiger partial charge in [-0.3, -0.25) is 23.4 Å². The van der Waals surface area contributed by atoms with E-state index in [1.807, 2.05) is 43.1 Å². The summed E-state index contributed by atoms with van der Waals surface area (Å²) in [6, 6.07) is 17.2. The van der Waals surface area contributed by atoms with E-state index in [1.165, 1.54) is 18.4 Å². The van der Waals surface area contributed by atoms with Crippen molar-refractivity contribution in [2.75, 3.05) is 32.1 Å². The highest BCUT2D eigenvalue weighted by atomic mass is 31.2. The lowest BCUT2D eigenvalue weighted by Gasteiger charge is -2.39. The fourth-order valence-electron chi connectivity index (χ4n) is 13.7. The Hall–Kier alpha value is -6.25. The monoisotopic (exact) mass is 1020 g/mol. The Kier molecular flexibility index (Phi) is 12.4. The van der Waals surface area contributed by atoms with E-state index in [-0.39, 0.29) is 34.7 Å². The molecule has 0 radical (unpaired) electrons. The molecule has 1 saturated heterocycles. The Labute approximate surface area is 429 Å². The van der Waals surface area contributed by atoms with Gasteiger partial charge < -0.3 is 24.1 Å². The van der Waals surface area contributed by atoms with Gasteiger partial charge in [0.15, 0.2) is 5.82 Å². The van der Waals surface area contributed by atoms with Crippen LogP contribution in [0.4, 0.5) is 10.1 Å². The Bertz CT molecular complexity index is 3440. The van der Waals surface area contributed by atoms with Crippen molar-refractivity contribution in [2.24, 2.45) is 5.92 Å². The first kappa shape index (κ1) is 48.7. The third-order valence-electron chi connectivity index (χ3n) is 17.8. The molecule has 6 heterocycles. The molecule has 5 aliphatic rings. The molecule has 3 atom stereocenters. The summed E-state index contributed by atoms with van der Waals surface area (Å²) in [7, 11) is -0.967. The number of rotatable bonds is 11. The van der Waals surface area contributed by atoms with Crippen LogP contribution < -0.4 is 22.1 Å². The van der Waals surface area contributed by atoms with Gasteiger partial charge in [0.25, 0.3) is 5.91 Å². The van der Waals surface area contributed by atoms with Crippen LogP contribution in [0.25, 0.3) is 28.1 Å². The largest absolute Gasteiger partial charge is 0.438 e. The second-order valence-electron chi connectivity index (χ2n) is 22.0. The van der Waals surface area contributed by atoms with Crippen LogP contribution >= 0.6 is 7.14 Å². The molecule has 7 aromatic rings. The van der Waals surface area contributed by atoms with Crippen molar-refractivity contribution in [3.05, 3.63) is 133 Å². The third-order valence-corrected chi connectivity index (χ3v) is 22.1. The standard InChI is InChI=1S/C57H67FN9O6P/c1-34-28-42(29-35(2)51(34)58)67-52(65-25-24-64(56(65)70)41-17-19-49(46(32-41)59-5)74(71,43-12-8-6-9-13-43)44-14-10-7-11-15-44)50-37(4)63(23-20-45(50)61-67)53(68)48-31-40-30-39(38-21-26-72-27-22-38)16-18-47(40)66(48)57(33-36(57)3)54-60-55(69)73-62-54/h16-19,24-25,28-32,36-38,43-44,59H,6-15,20-23,26-27,33H2,1-5H3,(H,60,62,69)/t36-,37-,57-/m0/s1. The lowest BCUT2D eigenvalue weighted by molar-refractivity contribution is 0.0663. The number of amides is 1. The van der Waals surface area contributed by atoms with Crippen LogP contribution in [-0.4, -0.2) is 82.6 Å². The summed E-state index contributed by atoms with van der Waals surface area (Å²) in [4.78, 5) is 48.1. The molecule has 0 spiro atoms. The minimum Gasteiger partial charge on any atom is -0.387 e. The molecule has 0 unspecified atom stereocenters. The van der Waals surface area contributed by atoms with Crippen LogP contribution in [0.5, 0.6) is 0 Å². The second-order valence-corrected chi connectivity index (χ2v) is 25.4. The molecule has 388 valence electrons. The third kappa shape index (κ3) is 7.82. The van der Waals surface area contributed by atoms with E-state index in [4.69, 9.17) is 14.4 Å². The zero-order valence-corrected chi connectivity index (χ0v) is 44.1. The first-order valence-electron chi connectivity index (χ1n) is 27.0. The number of aromatic nitrogens is 7. The molecule has 17 heteroatoms. The fraction of sp³-hybridized carbons (Fsp3) is 0.491. The molecule has 74 heavy (non-hydrogen) atoms. The molecule has 12 rings (SSSR count). The molecule has 4 aromatic heterocycles. The highest BCUT2D eigenvalue weighted by Gasteiger charge is 2.59. The summed E-state index contributed by atoms with van der Waals surface area (Å²) in [6.45, 7) is 9.25. The van der Waals surface area contributed by atoms with Gasteiger partial charge in [0.1, 0.15) is 30.0 Å². The van der Waals surface area contributed by atoms with Crippen molar-refractivity contribution < 1.29 is 23.0 Å². The molecular weight excluding hydrogens is 957 g/mol. The van der Waals surface area contributed by atoms with E-state index in [0.717, 1.165) is 91.8 Å². The number of ether oxygens (including phenoxy) is 1. The lowest BCUT2D eigenvalue weighted by Crippen LogP contribution is -2.41. The number of aromatic amines is 1. The number of nitrogens with one attached hydrogen (secondary N) is 2. The second kappa shape index (κ2) is 18.8. The summed E-state index contributed by atoms with van der Waals surface area (Å²) >= 11 is 0. The number of carbonyl (C=O) groups excluding carboxylic acids is 1. The number of anilines is 1. The van der Waals surface area contributed by atoms with Crippen molar-refractivity contribution in [1.29, 1.82) is 0 Å². The molecular formula is C57H67FN9O6P. The minimum atomic E-state index is -2.84. The molecule has 2 N–H and O–H groups in total. The molecule has 3 aromatic carbocycles. The number of nitrogens with zero attached hydrogens (tertiary/aromatic N) is 7. The number of fused-ring (bicyclic) bond motifs is 2. The van der Waals surface area contributed by atoms with Crippen LogP contribution in [0, 0.1) is 25.6 Å². The molecule has 0 bridgehead atoms. The predicted octanol–water partition coefficient (Wildman–Crippen LogP) is 10.3. The first-order chi connectivity index (χ1) is 35.8. The molecule has 3 aliphatic carbocycles. The van der Waals surface area contributed by atoms with Crippen molar-refractivity contribution >= 4 is 34.9 Å². The Morgan fingerprint density at radius 2 is 1.53 bits per heavy atom. The number of halogens is 1. The zero-order valence-electron chi connectivity index (χ0n) is 43.2. The van der Waals surface area contributed by atoms with Crippen LogP contribution in [0.1, 0.15) is 154 Å². The van der Waals surface area contributed by atoms with Gasteiger partial charge in [-0.05, 0) is 143 Å². The number of benzene rings is 3. The number of hydrogen-bond acceptors (Lipinski definition) is 9. The highest BCUT2D eigenvalue weighted by molar-refractivity contribution is 7.73. The SMILES string of the molecule is CNc1cc(-n2ccn(-c3c4c(nn3-c3cc(C)c(F)c(C)c3)CCN(C(=O)c3cc5cc(C6CCOCC6)ccc5n3[C@@]3(c5noc(=O)[nH]5)C[C@@H]3C)[C@H]4C)c2=O)ccc1P(=O)(C1CCCCC1)C1CCCCC1. The molecule has 2 aliphatic heterocycles. The van der Waals surface area contributed by atoms with Crippen LogP contribution in [0.2, 0.25) is 0 Å². The highest BCUT2D eigenvalue weighted by Crippen LogP contribution is 2.63. The van der Waals surface area contributed by atoms with Gasteiger partial charge in [-0.25, -0.2) is 18.7 Å². The van der Waals surface area contributed by atoms with Crippen LogP contribution in [0.15, 0.2) is 81.1 Å². The van der Waals surface area contributed by atoms with E-state index in [0.29, 0.717) is 83.9 Å². The van der Waals surface area contributed by atoms with E-state index < -0.39 is 24.5 Å². The van der Waals surface area contributed by atoms with E-state index >= 15 is 18.5 Å². The van der Waals surface area contributed by atoms with E-state index in [1.54, 1.807) is 52.2 Å². The summed E-state index contributed by atoms with van der Waals surface area (Å²) in [5, 5.41) is 14.6. The van der Waals surface area contributed by atoms with Gasteiger partial charge >= 0.3 is 11.4 Å². The number of hydrogen-bond donors (Lipinski definition) is 2. The minimum absolute atomic E-state index is 0.0213. The normalized spacial score (nSPS) is 22.1. The van der Waals surface area contributed by atoms with Crippen molar-refractivity contribution in [3.8, 4) is 17.2 Å². The van der Waals surface area contributed by atoms with Gasteiger partial charge in [-0.2, -0.15) is 5.10 Å². The van der Waals surface area contributed by atoms with Crippen molar-refractivity contribution in [3.63, 3.8) is 0 Å². The quantitative estimate of drug-likeness (QED) is 0.120. The molecule has 1 amide bonds. The van der Waals surface area contributed by atoms with Gasteiger partial charge in [-0.1, -0.05) is 56.7 Å². The Morgan fingerprint density at radius 3 is 2.16 bits per heavy atom. The molecule has 4 fully saturated rings. The average Bonchev–Trinajstić information content (AvgIpc) is 3.95. The Morgan fingerprint density at radius 1 is 0.851 bits per heavy atom. The molecule has 3 saturated carbocycles. The number of H-pyrrole nitrogens is 1. The number of aryl methyl sites for hydroxylation is 2. The summed E-state index contributed by atoms with van der Waals surface area (Å²) < 4.78 is 48.9. The maximum Gasteiger partial charge on any atom is 0.438 e. The zero-order chi connectivity index (χ0) is 51.2. The smallest absolute Gasteiger partial charge is 0.387 e. The number of imidazole rings is 1. The van der Waals surface area contributed by atoms with Crippen LogP contribution in [-0.2, 0) is 21.3 Å². The Balaban J connectivity index is 0.967. The summed E-state index contributed by atoms with van der Waals surface area (Å²) in [6.07, 6.45) is 17.1. The van der Waals surface area contributed by atoms with E-state index in [9.17, 15) is 4.79 Å². The van der Waals surface area contributed by atoms with E-state index in [2.05, 4.69) is 45.1 Å². The number of carbonyl (C=O) groups is 1. The van der Waals surface area contributed by atoms with Crippen molar-refractivity contribution in [1.82, 2.24) is 38.5 Å². The first-order valence-corrected chi connectivity index (χ1v) is 28.9. The average molecular weight is 1020 g/mol. The van der Waals surface area contributed by atoms with Gasteiger partial charge in [0, 0.05) is 84.4 Å². The topological polar surface area (TPSA) is 167 Å². The predicted molar refractivity (Wildman–Crippen MR) is 284 cm³/mol. The van der Waals surface area contributed by atoms with Gasteiger partial charge in [-0.15, -0.1) is 0 Å². The maximum atomic E-state index is 15.8. The molecule has 15 nitrogen and oxygen atoms in total. The summed E-state index contributed by atoms with van der Waals surface area (Å²) in [5.41, 5.74) is 5.96. The summed E-state index contributed by atoms with van der Waals surface area (Å²) in [5.74, 6) is 0.00264. The maximum absolute atomic E-state index is 15.8. The lowest BCUT2D eigenvalue weighted by atomic mass is 9.91. The van der Waals surface area contributed by atoms with Crippen LogP contribution in [0.3, 0.4) is 0 Å². The fourth-order valence-corrected chi connectivity index (χ4v) is 18.3.